The predicted molar refractivity (Wildman–Crippen MR) is 87.8 cm³/mol. The second-order valence-electron chi connectivity index (χ2n) is 4.93. The lowest BCUT2D eigenvalue weighted by molar-refractivity contribution is -0.270. The van der Waals surface area contributed by atoms with Crippen LogP contribution in [0.2, 0.25) is 0 Å². The van der Waals surface area contributed by atoms with Crippen LogP contribution in [-0.4, -0.2) is 27.4 Å². The van der Waals surface area contributed by atoms with Crippen molar-refractivity contribution in [2.24, 2.45) is 16.5 Å². The van der Waals surface area contributed by atoms with Crippen molar-refractivity contribution >= 4 is 27.9 Å². The number of aliphatic imine (C=N–C) groups is 1. The molecule has 3 rings (SSSR count). The van der Waals surface area contributed by atoms with Gasteiger partial charge in [-0.05, 0) is 48.0 Å². The van der Waals surface area contributed by atoms with Crippen LogP contribution < -0.4 is 25.3 Å². The van der Waals surface area contributed by atoms with Gasteiger partial charge in [0.25, 0.3) is 0 Å². The Morgan fingerprint density at radius 1 is 1.08 bits per heavy atom. The molecule has 1 aliphatic heterocycles. The molecule has 124 valence electrons. The van der Waals surface area contributed by atoms with Crippen molar-refractivity contribution in [3.8, 4) is 11.5 Å². The molecule has 8 nitrogen and oxygen atoms in total. The highest BCUT2D eigenvalue weighted by atomic mass is 32.2. The number of ether oxygens (including phenoxy) is 2. The van der Waals surface area contributed by atoms with Gasteiger partial charge in [-0.25, -0.2) is 0 Å². The summed E-state index contributed by atoms with van der Waals surface area (Å²) < 4.78 is 36.3. The van der Waals surface area contributed by atoms with Crippen LogP contribution >= 0.6 is 0 Å². The number of fused-ring (bicyclic) bond motifs is 1. The Hall–Kier alpha value is -3.07. The molecule has 2 aromatic rings. The number of sulfonamides is 1. The molecule has 0 saturated heterocycles. The quantitative estimate of drug-likeness (QED) is 0.491. The van der Waals surface area contributed by atoms with Crippen molar-refractivity contribution in [1.29, 1.82) is 0 Å². The molecular weight excluding hydrogens is 332 g/mol. The molecule has 1 heterocycles. The lowest BCUT2D eigenvalue weighted by atomic mass is 10.2. The maximum Gasteiger partial charge on any atom is 0.353 e. The van der Waals surface area contributed by atoms with Crippen molar-refractivity contribution in [3.63, 3.8) is 0 Å². The molecule has 0 aliphatic carbocycles. The molecule has 9 heteroatoms. The summed E-state index contributed by atoms with van der Waals surface area (Å²) in [5.74, 6) is 0.979. The van der Waals surface area contributed by atoms with Gasteiger partial charge in [-0.15, -0.1) is 0 Å². The van der Waals surface area contributed by atoms with Crippen molar-refractivity contribution < 1.29 is 22.3 Å². The molecule has 0 unspecified atom stereocenters. The summed E-state index contributed by atoms with van der Waals surface area (Å²) in [6.45, 7) is 0.213. The van der Waals surface area contributed by atoms with Gasteiger partial charge in [0.1, 0.15) is 4.90 Å². The van der Waals surface area contributed by atoms with E-state index in [1.807, 2.05) is 16.5 Å². The summed E-state index contributed by atoms with van der Waals surface area (Å²) in [5.41, 5.74) is 11.7. The van der Waals surface area contributed by atoms with Crippen molar-refractivity contribution in [2.45, 2.75) is 4.90 Å². The number of nitrogens with two attached hydrogens (primary N) is 2. The van der Waals surface area contributed by atoms with Gasteiger partial charge in [-0.2, -0.15) is 12.8 Å². The van der Waals surface area contributed by atoms with Gasteiger partial charge in [0.2, 0.25) is 6.79 Å². The number of hydrogen-bond acceptors (Lipinski definition) is 5. The topological polar surface area (TPSA) is 131 Å². The largest absolute Gasteiger partial charge is 0.454 e. The number of nitrogens with one attached hydrogen (secondary N) is 1. The minimum Gasteiger partial charge on any atom is -0.454 e. The third-order valence-electron chi connectivity index (χ3n) is 3.16. The van der Waals surface area contributed by atoms with Gasteiger partial charge in [0.15, 0.2) is 11.5 Å². The molecule has 0 spiro atoms. The van der Waals surface area contributed by atoms with E-state index in [4.69, 9.17) is 20.9 Å². The molecule has 5 N–H and O–H groups in total. The highest BCUT2D eigenvalue weighted by molar-refractivity contribution is 7.84. The minimum absolute atomic E-state index is 0.0397. The maximum absolute atomic E-state index is 11.9. The highest BCUT2D eigenvalue weighted by Gasteiger charge is 2.14. The first-order valence-electron chi connectivity index (χ1n) is 6.88. The summed E-state index contributed by atoms with van der Waals surface area (Å²) in [5, 5.41) is 0. The standard InChI is InChI=1S/C15H14N4O4S/c16-15(17)19-24(20,21)12-4-2-11(3-5-12)18-8-10-1-6-13-14(7-10)23-9-22-13/h1-8H,9H2,(H4,16,17,19)/p+1. The molecule has 0 fully saturated rings. The summed E-state index contributed by atoms with van der Waals surface area (Å²) in [4.78, 5) is 4.33. The number of benzene rings is 2. The molecule has 24 heavy (non-hydrogen) atoms. The molecule has 1 aliphatic rings. The van der Waals surface area contributed by atoms with E-state index in [1.54, 1.807) is 24.4 Å². The van der Waals surface area contributed by atoms with Gasteiger partial charge < -0.3 is 9.47 Å². The lowest BCUT2D eigenvalue weighted by Crippen LogP contribution is -2.80. The zero-order chi connectivity index (χ0) is 17.2. The Bertz CT molecular complexity index is 917. The Morgan fingerprint density at radius 2 is 1.79 bits per heavy atom. The van der Waals surface area contributed by atoms with Crippen molar-refractivity contribution in [1.82, 2.24) is 0 Å². The second kappa shape index (κ2) is 6.20. The van der Waals surface area contributed by atoms with Crippen LogP contribution in [-0.2, 0) is 10.0 Å². The average Bonchev–Trinajstić information content (AvgIpc) is 3.00. The average molecular weight is 347 g/mol. The molecule has 0 bridgehead atoms. The predicted octanol–water partition coefficient (Wildman–Crippen LogP) is -0.791. The van der Waals surface area contributed by atoms with E-state index < -0.39 is 10.0 Å². The summed E-state index contributed by atoms with van der Waals surface area (Å²) in [6, 6.07) is 11.4. The number of hydrogen-bond donors (Lipinski definition) is 3. The van der Waals surface area contributed by atoms with Crippen LogP contribution in [0.5, 0.6) is 11.5 Å². The SMILES string of the molecule is NC(N)=[NH+]S(=O)(=O)c1ccc(N=Cc2ccc3c(c2)OCO3)cc1. The van der Waals surface area contributed by atoms with Crippen LogP contribution in [0.25, 0.3) is 0 Å². The van der Waals surface area contributed by atoms with E-state index in [2.05, 4.69) is 4.99 Å². The second-order valence-corrected chi connectivity index (χ2v) is 6.61. The van der Waals surface area contributed by atoms with Crippen LogP contribution in [0.3, 0.4) is 0 Å². The van der Waals surface area contributed by atoms with E-state index in [1.165, 1.54) is 12.1 Å². The van der Waals surface area contributed by atoms with Crippen LogP contribution in [0.15, 0.2) is 52.4 Å². The molecule has 2 aromatic carbocycles. The smallest absolute Gasteiger partial charge is 0.353 e. The molecule has 0 amide bonds. The first-order chi connectivity index (χ1) is 11.4. The number of rotatable bonds is 4. The third kappa shape index (κ3) is 3.46. The summed E-state index contributed by atoms with van der Waals surface area (Å²) >= 11 is 0. The van der Waals surface area contributed by atoms with Crippen LogP contribution in [0, 0.1) is 0 Å². The lowest BCUT2D eigenvalue weighted by Gasteiger charge is -2.00. The normalized spacial score (nSPS) is 13.2. The van der Waals surface area contributed by atoms with E-state index >= 15 is 0 Å². The Kier molecular flexibility index (Phi) is 4.09. The highest BCUT2D eigenvalue weighted by Crippen LogP contribution is 2.32. The van der Waals surface area contributed by atoms with Gasteiger partial charge in [0, 0.05) is 6.21 Å². The van der Waals surface area contributed by atoms with Gasteiger partial charge in [-0.3, -0.25) is 16.5 Å². The molecular formula is C15H15N4O4S+. The van der Waals surface area contributed by atoms with E-state index in [0.717, 1.165) is 5.56 Å². The van der Waals surface area contributed by atoms with Gasteiger partial charge in [-0.1, -0.05) is 0 Å². The summed E-state index contributed by atoms with van der Waals surface area (Å²) in [6.07, 6.45) is 1.65. The van der Waals surface area contributed by atoms with Gasteiger partial charge in [0.05, 0.1) is 5.69 Å². The molecule has 0 radical (unpaired) electrons. The third-order valence-corrected chi connectivity index (χ3v) is 4.56. The maximum atomic E-state index is 11.9. The first-order valence-corrected chi connectivity index (χ1v) is 8.37. The van der Waals surface area contributed by atoms with E-state index in [-0.39, 0.29) is 17.6 Å². The monoisotopic (exact) mass is 347 g/mol. The fourth-order valence-corrected chi connectivity index (χ4v) is 2.99. The van der Waals surface area contributed by atoms with E-state index in [0.29, 0.717) is 17.2 Å². The number of guanidine groups is 1. The Labute approximate surface area is 138 Å². The Morgan fingerprint density at radius 3 is 2.50 bits per heavy atom. The van der Waals surface area contributed by atoms with E-state index in [9.17, 15) is 8.42 Å². The van der Waals surface area contributed by atoms with Crippen LogP contribution in [0.4, 0.5) is 5.69 Å². The molecule has 0 atom stereocenters. The Balaban J connectivity index is 1.78. The molecule has 0 aromatic heterocycles. The van der Waals surface area contributed by atoms with Crippen molar-refractivity contribution in [2.75, 3.05) is 6.79 Å². The van der Waals surface area contributed by atoms with Gasteiger partial charge >= 0.3 is 16.0 Å². The fourth-order valence-electron chi connectivity index (χ4n) is 2.07. The zero-order valence-corrected chi connectivity index (χ0v) is 13.3. The molecule has 0 saturated carbocycles. The minimum atomic E-state index is -3.77. The zero-order valence-electron chi connectivity index (χ0n) is 12.5. The van der Waals surface area contributed by atoms with Crippen molar-refractivity contribution in [3.05, 3.63) is 48.0 Å². The fraction of sp³-hybridized carbons (Fsp3) is 0.0667. The first kappa shape index (κ1) is 15.8. The van der Waals surface area contributed by atoms with Crippen LogP contribution in [0.1, 0.15) is 5.56 Å². The summed E-state index contributed by atoms with van der Waals surface area (Å²) in [7, 11) is -3.77. The number of nitrogens with zero attached hydrogens (tertiary/aromatic N) is 1.